The largest absolute Gasteiger partial charge is 0.325 e. The van der Waals surface area contributed by atoms with Gasteiger partial charge in [0, 0.05) is 23.3 Å². The number of hydrogen-bond donors (Lipinski definition) is 1. The van der Waals surface area contributed by atoms with Crippen molar-refractivity contribution in [3.05, 3.63) is 59.8 Å². The third-order valence-electron chi connectivity index (χ3n) is 4.32. The van der Waals surface area contributed by atoms with E-state index in [1.54, 1.807) is 30.3 Å². The SMILES string of the molecule is CN1c2cc(Cl)ccc2-c2nc(SCC(=O)Nc3ccccc3)ncc2S1(=O)=O. The Balaban J connectivity index is 1.60. The fraction of sp³-hybridized carbons (Fsp3) is 0.105. The molecule has 0 radical (unpaired) electrons. The Morgan fingerprint density at radius 3 is 2.72 bits per heavy atom. The van der Waals surface area contributed by atoms with E-state index >= 15 is 0 Å². The molecule has 0 aliphatic carbocycles. The van der Waals surface area contributed by atoms with Gasteiger partial charge in [-0.15, -0.1) is 0 Å². The molecule has 1 aromatic heterocycles. The summed E-state index contributed by atoms with van der Waals surface area (Å²) in [4.78, 5) is 20.7. The number of anilines is 2. The molecule has 2 heterocycles. The molecule has 0 saturated heterocycles. The fourth-order valence-corrected chi connectivity index (χ4v) is 4.97. The maximum absolute atomic E-state index is 12.8. The molecule has 1 N–H and O–H groups in total. The Hall–Kier alpha value is -2.62. The lowest BCUT2D eigenvalue weighted by Gasteiger charge is -2.28. The third-order valence-corrected chi connectivity index (χ3v) is 7.18. The van der Waals surface area contributed by atoms with Gasteiger partial charge in [0.05, 0.1) is 23.3 Å². The maximum Gasteiger partial charge on any atom is 0.267 e. The summed E-state index contributed by atoms with van der Waals surface area (Å²) in [5.41, 5.74) is 2.08. The zero-order valence-corrected chi connectivity index (χ0v) is 17.6. The zero-order valence-electron chi connectivity index (χ0n) is 15.2. The van der Waals surface area contributed by atoms with Crippen molar-refractivity contribution < 1.29 is 13.2 Å². The molecule has 4 rings (SSSR count). The van der Waals surface area contributed by atoms with Gasteiger partial charge < -0.3 is 5.32 Å². The monoisotopic (exact) mass is 446 g/mol. The Labute approximate surface area is 177 Å². The molecule has 0 unspecified atom stereocenters. The summed E-state index contributed by atoms with van der Waals surface area (Å²) in [6.45, 7) is 0. The number of nitrogens with one attached hydrogen (secondary N) is 1. The standard InChI is InChI=1S/C19H15ClN4O3S2/c1-24-15-9-12(20)7-8-14(15)18-16(29(24,26)27)10-21-19(23-18)28-11-17(25)22-13-5-3-2-4-6-13/h2-10H,11H2,1H3,(H,22,25). The van der Waals surface area contributed by atoms with E-state index < -0.39 is 10.0 Å². The Morgan fingerprint density at radius 1 is 1.21 bits per heavy atom. The minimum Gasteiger partial charge on any atom is -0.325 e. The number of halogens is 1. The highest BCUT2D eigenvalue weighted by Crippen LogP contribution is 2.42. The summed E-state index contributed by atoms with van der Waals surface area (Å²) >= 11 is 7.17. The van der Waals surface area contributed by atoms with Crippen LogP contribution in [0.4, 0.5) is 11.4 Å². The second-order valence-corrected chi connectivity index (χ2v) is 9.52. The van der Waals surface area contributed by atoms with Crippen molar-refractivity contribution in [2.45, 2.75) is 10.1 Å². The first kappa shape index (κ1) is 19.7. The maximum atomic E-state index is 12.8. The number of aromatic nitrogens is 2. The van der Waals surface area contributed by atoms with Crippen LogP contribution in [-0.2, 0) is 14.8 Å². The number of hydrogen-bond acceptors (Lipinski definition) is 6. The molecule has 1 aliphatic rings. The van der Waals surface area contributed by atoms with E-state index in [-0.39, 0.29) is 16.6 Å². The van der Waals surface area contributed by atoms with Gasteiger partial charge in [0.25, 0.3) is 10.0 Å². The molecular formula is C19H15ClN4O3S2. The predicted molar refractivity (Wildman–Crippen MR) is 114 cm³/mol. The summed E-state index contributed by atoms with van der Waals surface area (Å²) in [5, 5.41) is 3.52. The number of amides is 1. The lowest BCUT2D eigenvalue weighted by molar-refractivity contribution is -0.113. The molecule has 29 heavy (non-hydrogen) atoms. The van der Waals surface area contributed by atoms with E-state index in [1.165, 1.54) is 17.5 Å². The van der Waals surface area contributed by atoms with Crippen LogP contribution >= 0.6 is 23.4 Å². The van der Waals surface area contributed by atoms with Crippen molar-refractivity contribution in [3.8, 4) is 11.3 Å². The van der Waals surface area contributed by atoms with Crippen molar-refractivity contribution >= 4 is 50.7 Å². The summed E-state index contributed by atoms with van der Waals surface area (Å²) in [7, 11) is -2.32. The van der Waals surface area contributed by atoms with Gasteiger partial charge in [0.2, 0.25) is 5.91 Å². The number of nitrogens with zero attached hydrogens (tertiary/aromatic N) is 3. The minimum atomic E-state index is -3.78. The molecular weight excluding hydrogens is 432 g/mol. The Morgan fingerprint density at radius 2 is 1.97 bits per heavy atom. The highest BCUT2D eigenvalue weighted by molar-refractivity contribution is 7.99. The lowest BCUT2D eigenvalue weighted by atomic mass is 10.1. The van der Waals surface area contributed by atoms with Crippen molar-refractivity contribution in [2.75, 3.05) is 22.4 Å². The van der Waals surface area contributed by atoms with E-state index in [1.807, 2.05) is 18.2 Å². The van der Waals surface area contributed by atoms with Crippen LogP contribution < -0.4 is 9.62 Å². The molecule has 0 atom stereocenters. The third kappa shape index (κ3) is 3.81. The smallest absolute Gasteiger partial charge is 0.267 e. The van der Waals surface area contributed by atoms with Gasteiger partial charge in [0.15, 0.2) is 5.16 Å². The predicted octanol–water partition coefficient (Wildman–Crippen LogP) is 3.67. The Kier molecular flexibility index (Phi) is 5.20. The molecule has 0 saturated carbocycles. The molecule has 7 nitrogen and oxygen atoms in total. The van der Waals surface area contributed by atoms with E-state index in [0.717, 1.165) is 11.8 Å². The molecule has 3 aromatic rings. The average molecular weight is 447 g/mol. The van der Waals surface area contributed by atoms with Gasteiger partial charge in [0.1, 0.15) is 4.90 Å². The van der Waals surface area contributed by atoms with Crippen LogP contribution in [0.5, 0.6) is 0 Å². The summed E-state index contributed by atoms with van der Waals surface area (Å²) in [6.07, 6.45) is 1.28. The van der Waals surface area contributed by atoms with Crippen molar-refractivity contribution in [1.82, 2.24) is 9.97 Å². The van der Waals surface area contributed by atoms with Crippen LogP contribution in [0.25, 0.3) is 11.3 Å². The molecule has 1 amide bonds. The van der Waals surface area contributed by atoms with Crippen LogP contribution in [0.2, 0.25) is 5.02 Å². The average Bonchev–Trinajstić information content (AvgIpc) is 2.71. The highest BCUT2D eigenvalue weighted by atomic mass is 35.5. The van der Waals surface area contributed by atoms with E-state index in [2.05, 4.69) is 15.3 Å². The summed E-state index contributed by atoms with van der Waals surface area (Å²) < 4.78 is 26.7. The van der Waals surface area contributed by atoms with Crippen LogP contribution in [0.1, 0.15) is 0 Å². The lowest BCUT2D eigenvalue weighted by Crippen LogP contribution is -2.31. The fourth-order valence-electron chi connectivity index (χ4n) is 2.90. The van der Waals surface area contributed by atoms with Crippen molar-refractivity contribution in [3.63, 3.8) is 0 Å². The van der Waals surface area contributed by atoms with Crippen LogP contribution in [0.3, 0.4) is 0 Å². The molecule has 0 spiro atoms. The molecule has 148 valence electrons. The first-order valence-corrected chi connectivity index (χ1v) is 11.3. The van der Waals surface area contributed by atoms with E-state index in [4.69, 9.17) is 11.6 Å². The first-order chi connectivity index (χ1) is 13.9. The highest BCUT2D eigenvalue weighted by Gasteiger charge is 2.34. The second-order valence-electron chi connectivity index (χ2n) is 6.20. The zero-order chi connectivity index (χ0) is 20.6. The number of thioether (sulfide) groups is 1. The minimum absolute atomic E-state index is 0.0212. The molecule has 0 bridgehead atoms. The molecule has 2 aromatic carbocycles. The van der Waals surface area contributed by atoms with Gasteiger partial charge in [-0.25, -0.2) is 18.4 Å². The number of carbonyl (C=O) groups is 1. The molecule has 10 heteroatoms. The summed E-state index contributed by atoms with van der Waals surface area (Å²) in [6, 6.07) is 14.1. The van der Waals surface area contributed by atoms with Crippen molar-refractivity contribution in [1.29, 1.82) is 0 Å². The van der Waals surface area contributed by atoms with E-state index in [0.29, 0.717) is 32.8 Å². The van der Waals surface area contributed by atoms with Gasteiger partial charge in [-0.3, -0.25) is 9.10 Å². The molecule has 0 fully saturated rings. The normalized spacial score (nSPS) is 14.1. The second kappa shape index (κ2) is 7.66. The topological polar surface area (TPSA) is 92.3 Å². The first-order valence-electron chi connectivity index (χ1n) is 8.50. The number of rotatable bonds is 4. The summed E-state index contributed by atoms with van der Waals surface area (Å²) in [5.74, 6) is -0.115. The number of para-hydroxylation sites is 1. The Bertz CT molecular complexity index is 1200. The van der Waals surface area contributed by atoms with Crippen LogP contribution in [0, 0.1) is 0 Å². The number of fused-ring (bicyclic) bond motifs is 3. The van der Waals surface area contributed by atoms with Gasteiger partial charge in [-0.05, 0) is 30.3 Å². The van der Waals surface area contributed by atoms with Crippen LogP contribution in [0.15, 0.2) is 64.8 Å². The number of carbonyl (C=O) groups excluding carboxylic acids is 1. The van der Waals surface area contributed by atoms with Crippen molar-refractivity contribution in [2.24, 2.45) is 0 Å². The quantitative estimate of drug-likeness (QED) is 0.485. The van der Waals surface area contributed by atoms with E-state index in [9.17, 15) is 13.2 Å². The number of sulfonamides is 1. The number of benzene rings is 2. The molecule has 1 aliphatic heterocycles. The van der Waals surface area contributed by atoms with Gasteiger partial charge in [-0.2, -0.15) is 0 Å². The van der Waals surface area contributed by atoms with Gasteiger partial charge in [-0.1, -0.05) is 41.6 Å². The van der Waals surface area contributed by atoms with Crippen LogP contribution in [-0.4, -0.2) is 37.1 Å². The van der Waals surface area contributed by atoms with Gasteiger partial charge >= 0.3 is 0 Å².